The third-order valence-electron chi connectivity index (χ3n) is 4.41. The van der Waals surface area contributed by atoms with E-state index in [0.29, 0.717) is 0 Å². The van der Waals surface area contributed by atoms with Gasteiger partial charge in [0.05, 0.1) is 24.3 Å². The monoisotopic (exact) mass is 379 g/mol. The first-order chi connectivity index (χ1) is 12.9. The molecule has 0 spiro atoms. The molecule has 0 aliphatic carbocycles. The first-order valence-electron chi connectivity index (χ1n) is 8.29. The molecule has 27 heavy (non-hydrogen) atoms. The van der Waals surface area contributed by atoms with Gasteiger partial charge in [-0.1, -0.05) is 30.3 Å². The third kappa shape index (κ3) is 4.12. The molecule has 0 bridgehead atoms. The van der Waals surface area contributed by atoms with Crippen molar-refractivity contribution in [2.45, 2.75) is 31.3 Å². The first kappa shape index (κ1) is 18.9. The molecule has 2 heterocycles. The van der Waals surface area contributed by atoms with Crippen molar-refractivity contribution < 1.29 is 18.8 Å². The Morgan fingerprint density at radius 1 is 1.37 bits per heavy atom. The number of alkyl halides is 1. The number of hydrogen-bond donors (Lipinski definition) is 1. The molecular formula is C17H18FN3O6. The molecule has 1 aliphatic rings. The molecule has 144 valence electrons. The van der Waals surface area contributed by atoms with Gasteiger partial charge in [-0.25, -0.2) is 9.18 Å². The van der Waals surface area contributed by atoms with Gasteiger partial charge in [-0.05, 0) is 18.4 Å². The van der Waals surface area contributed by atoms with E-state index in [4.69, 9.17) is 9.47 Å². The predicted molar refractivity (Wildman–Crippen MR) is 92.1 cm³/mol. The van der Waals surface area contributed by atoms with E-state index < -0.39 is 40.4 Å². The van der Waals surface area contributed by atoms with Crippen LogP contribution in [0.1, 0.15) is 24.6 Å². The molecule has 1 N–H and O–H groups in total. The second kappa shape index (κ2) is 7.80. The highest BCUT2D eigenvalue weighted by atomic mass is 19.1. The second-order valence-corrected chi connectivity index (χ2v) is 6.34. The van der Waals surface area contributed by atoms with Crippen molar-refractivity contribution in [3.8, 4) is 0 Å². The standard InChI is InChI=1S/C17H18FN3O6/c18-10-17(11-26-9-12-4-2-1-3-5-12)7-6-14(27-17)20-8-13(21(24)25)15(22)19-16(20)23/h1-5,8,14H,6-7,9-11H2,(H,19,22,23)/t14-,17-/m0/s1. The highest BCUT2D eigenvalue weighted by Gasteiger charge is 2.42. The van der Waals surface area contributed by atoms with E-state index in [1.807, 2.05) is 35.3 Å². The lowest BCUT2D eigenvalue weighted by Crippen LogP contribution is -2.39. The minimum Gasteiger partial charge on any atom is -0.374 e. The number of nitrogens with one attached hydrogen (secondary N) is 1. The lowest BCUT2D eigenvalue weighted by molar-refractivity contribution is -0.387. The summed E-state index contributed by atoms with van der Waals surface area (Å²) >= 11 is 0. The highest BCUT2D eigenvalue weighted by Crippen LogP contribution is 2.36. The van der Waals surface area contributed by atoms with Crippen LogP contribution in [0.3, 0.4) is 0 Å². The molecule has 0 radical (unpaired) electrons. The average molecular weight is 379 g/mol. The average Bonchev–Trinajstić information content (AvgIpc) is 3.07. The summed E-state index contributed by atoms with van der Waals surface area (Å²) in [5.41, 5.74) is -3.05. The van der Waals surface area contributed by atoms with Gasteiger partial charge in [0.25, 0.3) is 0 Å². The zero-order valence-electron chi connectivity index (χ0n) is 14.3. The quantitative estimate of drug-likeness (QED) is 0.578. The lowest BCUT2D eigenvalue weighted by atomic mass is 10.0. The number of hydrogen-bond acceptors (Lipinski definition) is 6. The number of halogens is 1. The largest absolute Gasteiger partial charge is 0.374 e. The lowest BCUT2D eigenvalue weighted by Gasteiger charge is -2.26. The molecule has 2 aromatic rings. The Hall–Kier alpha value is -2.85. The minimum atomic E-state index is -1.25. The van der Waals surface area contributed by atoms with E-state index in [1.54, 1.807) is 0 Å². The van der Waals surface area contributed by atoms with Gasteiger partial charge in [-0.15, -0.1) is 0 Å². The number of aromatic amines is 1. The number of nitrogens with zero attached hydrogens (tertiary/aromatic N) is 2. The Labute approximate surface area is 152 Å². The fourth-order valence-electron chi connectivity index (χ4n) is 2.98. The summed E-state index contributed by atoms with van der Waals surface area (Å²) in [6.07, 6.45) is 0.416. The Kier molecular flexibility index (Phi) is 5.47. The summed E-state index contributed by atoms with van der Waals surface area (Å²) in [6.45, 7) is -0.589. The normalized spacial score (nSPS) is 22.0. The summed E-state index contributed by atoms with van der Waals surface area (Å²) in [6, 6.07) is 9.35. The minimum absolute atomic E-state index is 0.0326. The van der Waals surface area contributed by atoms with Crippen LogP contribution < -0.4 is 11.2 Å². The molecular weight excluding hydrogens is 361 g/mol. The van der Waals surface area contributed by atoms with Gasteiger partial charge in [0.15, 0.2) is 0 Å². The Morgan fingerprint density at radius 2 is 2.11 bits per heavy atom. The van der Waals surface area contributed by atoms with Gasteiger partial charge < -0.3 is 9.47 Å². The number of nitro groups is 1. The van der Waals surface area contributed by atoms with Gasteiger partial charge >= 0.3 is 16.9 Å². The number of rotatable bonds is 7. The summed E-state index contributed by atoms with van der Waals surface area (Å²) in [5, 5.41) is 10.9. The van der Waals surface area contributed by atoms with Gasteiger partial charge in [-0.2, -0.15) is 0 Å². The van der Waals surface area contributed by atoms with E-state index in [9.17, 15) is 24.1 Å². The topological polar surface area (TPSA) is 116 Å². The number of H-pyrrole nitrogens is 1. The van der Waals surface area contributed by atoms with E-state index in [2.05, 4.69) is 0 Å². The van der Waals surface area contributed by atoms with Gasteiger partial charge in [0.1, 0.15) is 18.5 Å². The highest BCUT2D eigenvalue weighted by molar-refractivity contribution is 5.21. The molecule has 1 aromatic carbocycles. The Morgan fingerprint density at radius 3 is 2.78 bits per heavy atom. The third-order valence-corrected chi connectivity index (χ3v) is 4.41. The molecule has 9 nitrogen and oxygen atoms in total. The summed E-state index contributed by atoms with van der Waals surface area (Å²) in [4.78, 5) is 35.4. The number of aromatic nitrogens is 2. The van der Waals surface area contributed by atoms with Gasteiger partial charge in [-0.3, -0.25) is 24.5 Å². The Balaban J connectivity index is 1.72. The van der Waals surface area contributed by atoms with Crippen molar-refractivity contribution in [3.05, 3.63) is 73.0 Å². The fraction of sp³-hybridized carbons (Fsp3) is 0.412. The molecule has 0 unspecified atom stereocenters. The van der Waals surface area contributed by atoms with Crippen LogP contribution in [0.4, 0.5) is 10.1 Å². The van der Waals surface area contributed by atoms with Crippen LogP contribution in [-0.2, 0) is 16.1 Å². The van der Waals surface area contributed by atoms with Crippen LogP contribution in [0.15, 0.2) is 46.1 Å². The summed E-state index contributed by atoms with van der Waals surface area (Å²) in [7, 11) is 0. The zero-order chi connectivity index (χ0) is 19.4. The SMILES string of the molecule is O=c1[nH]c(=O)n([C@@H]2CC[C@](CF)(COCc3ccccc3)O2)cc1[N+](=O)[O-]. The van der Waals surface area contributed by atoms with Gasteiger partial charge in [0.2, 0.25) is 0 Å². The van der Waals surface area contributed by atoms with Crippen molar-refractivity contribution in [2.75, 3.05) is 13.3 Å². The molecule has 3 rings (SSSR count). The summed E-state index contributed by atoms with van der Waals surface area (Å²) < 4.78 is 25.9. The number of ether oxygens (including phenoxy) is 2. The van der Waals surface area contributed by atoms with Crippen LogP contribution >= 0.6 is 0 Å². The van der Waals surface area contributed by atoms with Crippen LogP contribution in [0.5, 0.6) is 0 Å². The maximum absolute atomic E-state index is 13.7. The first-order valence-corrected chi connectivity index (χ1v) is 8.29. The fourth-order valence-corrected chi connectivity index (χ4v) is 2.98. The maximum atomic E-state index is 13.7. The van der Waals surface area contributed by atoms with Crippen molar-refractivity contribution >= 4 is 5.69 Å². The Bertz CT molecular complexity index is 928. The number of benzene rings is 1. The molecule has 1 aromatic heterocycles. The predicted octanol–water partition coefficient (Wildman–Crippen LogP) is 1.68. The van der Waals surface area contributed by atoms with E-state index >= 15 is 0 Å². The molecule has 1 aliphatic heterocycles. The molecule has 1 saturated heterocycles. The van der Waals surface area contributed by atoms with Crippen LogP contribution in [-0.4, -0.2) is 33.4 Å². The van der Waals surface area contributed by atoms with Crippen LogP contribution in [0.25, 0.3) is 0 Å². The molecule has 10 heteroatoms. The van der Waals surface area contributed by atoms with E-state index in [1.165, 1.54) is 0 Å². The van der Waals surface area contributed by atoms with Crippen molar-refractivity contribution in [2.24, 2.45) is 0 Å². The summed E-state index contributed by atoms with van der Waals surface area (Å²) in [5.74, 6) is 0. The molecule has 2 atom stereocenters. The molecule has 0 amide bonds. The van der Waals surface area contributed by atoms with E-state index in [-0.39, 0.29) is 26.1 Å². The van der Waals surface area contributed by atoms with Crippen molar-refractivity contribution in [1.82, 2.24) is 9.55 Å². The van der Waals surface area contributed by atoms with E-state index in [0.717, 1.165) is 16.3 Å². The molecule has 1 fully saturated rings. The van der Waals surface area contributed by atoms with Crippen LogP contribution in [0.2, 0.25) is 0 Å². The van der Waals surface area contributed by atoms with Crippen molar-refractivity contribution in [1.29, 1.82) is 0 Å². The molecule has 0 saturated carbocycles. The maximum Gasteiger partial charge on any atom is 0.350 e. The zero-order valence-corrected chi connectivity index (χ0v) is 14.3. The second-order valence-electron chi connectivity index (χ2n) is 6.34. The van der Waals surface area contributed by atoms with Gasteiger partial charge in [0, 0.05) is 0 Å². The smallest absolute Gasteiger partial charge is 0.350 e. The van der Waals surface area contributed by atoms with Crippen molar-refractivity contribution in [3.63, 3.8) is 0 Å². The van der Waals surface area contributed by atoms with Crippen LogP contribution in [0, 0.1) is 10.1 Å².